The molecule has 6 heteroatoms. The topological polar surface area (TPSA) is 61.2 Å². The van der Waals surface area contributed by atoms with Gasteiger partial charge in [0.1, 0.15) is 11.5 Å². The number of carbonyl (C=O) groups excluding carboxylic acids is 2. The highest BCUT2D eigenvalue weighted by molar-refractivity contribution is 9.10. The molecule has 0 saturated carbocycles. The number of hydrogen-bond acceptors (Lipinski definition) is 4. The first-order chi connectivity index (χ1) is 6.56. The van der Waals surface area contributed by atoms with E-state index < -0.39 is 5.97 Å². The normalized spacial score (nSPS) is 9.93. The molecule has 1 rings (SSSR count). The van der Waals surface area contributed by atoms with E-state index in [-0.39, 0.29) is 18.0 Å². The Hall–Kier alpha value is -1.17. The van der Waals surface area contributed by atoms with Crippen LogP contribution in [0.25, 0.3) is 0 Å². The molecule has 0 aliphatic rings. The van der Waals surface area contributed by atoms with Crippen LogP contribution in [0.2, 0.25) is 0 Å². The predicted molar refractivity (Wildman–Crippen MR) is 51.9 cm³/mol. The van der Waals surface area contributed by atoms with Crippen LogP contribution in [0.3, 0.4) is 0 Å². The van der Waals surface area contributed by atoms with Crippen LogP contribution in [0.1, 0.15) is 17.4 Å². The molecule has 0 spiro atoms. The molecule has 0 aliphatic carbocycles. The smallest absolute Gasteiger partial charge is 0.356 e. The molecule has 0 fully saturated rings. The van der Waals surface area contributed by atoms with Gasteiger partial charge in [-0.2, -0.15) is 0 Å². The average molecular weight is 261 g/mol. The number of halogens is 1. The molecule has 0 unspecified atom stereocenters. The van der Waals surface area contributed by atoms with E-state index in [0.717, 1.165) is 0 Å². The van der Waals surface area contributed by atoms with E-state index in [1.54, 1.807) is 0 Å². The van der Waals surface area contributed by atoms with E-state index in [4.69, 9.17) is 0 Å². The van der Waals surface area contributed by atoms with E-state index in [1.807, 2.05) is 0 Å². The van der Waals surface area contributed by atoms with E-state index >= 15 is 0 Å². The number of imidazole rings is 1. The molecule has 1 heterocycles. The van der Waals surface area contributed by atoms with Gasteiger partial charge in [-0.1, -0.05) is 0 Å². The van der Waals surface area contributed by atoms with Gasteiger partial charge >= 0.3 is 5.97 Å². The van der Waals surface area contributed by atoms with Crippen molar-refractivity contribution in [1.29, 1.82) is 0 Å². The van der Waals surface area contributed by atoms with Crippen LogP contribution < -0.4 is 0 Å². The highest BCUT2D eigenvalue weighted by Gasteiger charge is 2.16. The molecule has 0 N–H and O–H groups in total. The molecule has 1 aromatic heterocycles. The Morgan fingerprint density at radius 2 is 2.29 bits per heavy atom. The molecular formula is C8H9BrN2O3. The zero-order valence-corrected chi connectivity index (χ0v) is 9.37. The summed E-state index contributed by atoms with van der Waals surface area (Å²) in [5, 5.41) is 0. The third-order valence-electron chi connectivity index (χ3n) is 1.58. The third kappa shape index (κ3) is 2.20. The van der Waals surface area contributed by atoms with E-state index in [9.17, 15) is 9.59 Å². The molecule has 0 aromatic carbocycles. The van der Waals surface area contributed by atoms with E-state index in [0.29, 0.717) is 4.73 Å². The highest BCUT2D eigenvalue weighted by atomic mass is 79.9. The first-order valence-corrected chi connectivity index (χ1v) is 4.64. The number of ketones is 1. The van der Waals surface area contributed by atoms with Gasteiger partial charge in [0.15, 0.2) is 4.73 Å². The van der Waals surface area contributed by atoms with Crippen LogP contribution in [0.15, 0.2) is 10.9 Å². The number of rotatable bonds is 3. The zero-order valence-electron chi connectivity index (χ0n) is 7.78. The van der Waals surface area contributed by atoms with Gasteiger partial charge in [0, 0.05) is 0 Å². The number of Topliss-reactive ketones (excluding diaryl/α,β-unsaturated/α-hetero) is 1. The van der Waals surface area contributed by atoms with Crippen molar-refractivity contribution < 1.29 is 14.3 Å². The molecule has 0 bridgehead atoms. The number of esters is 1. The van der Waals surface area contributed by atoms with Crippen molar-refractivity contribution in [2.75, 3.05) is 7.11 Å². The lowest BCUT2D eigenvalue weighted by atomic mass is 10.4. The summed E-state index contributed by atoms with van der Waals surface area (Å²) in [4.78, 5) is 26.0. The summed E-state index contributed by atoms with van der Waals surface area (Å²) in [7, 11) is 1.28. The van der Waals surface area contributed by atoms with Gasteiger partial charge in [-0.05, 0) is 22.9 Å². The number of methoxy groups -OCH3 is 1. The minimum absolute atomic E-state index is 0.0612. The van der Waals surface area contributed by atoms with Crippen LogP contribution >= 0.6 is 15.9 Å². The summed E-state index contributed by atoms with van der Waals surface area (Å²) in [6.07, 6.45) is 1.36. The largest absolute Gasteiger partial charge is 0.464 e. The van der Waals surface area contributed by atoms with Gasteiger partial charge in [0.25, 0.3) is 0 Å². The minimum atomic E-state index is -0.510. The summed E-state index contributed by atoms with van der Waals surface area (Å²) in [5.41, 5.74) is 0.259. The number of carbonyl (C=O) groups is 2. The Bertz CT molecular complexity index is 373. The first-order valence-electron chi connectivity index (χ1n) is 3.85. The predicted octanol–water partition coefficient (Wildman–Crippen LogP) is 1.02. The average Bonchev–Trinajstić information content (AvgIpc) is 2.46. The maximum Gasteiger partial charge on any atom is 0.356 e. The van der Waals surface area contributed by atoms with E-state index in [2.05, 4.69) is 25.7 Å². The molecule has 0 atom stereocenters. The highest BCUT2D eigenvalue weighted by Crippen LogP contribution is 2.12. The van der Waals surface area contributed by atoms with Gasteiger partial charge in [-0.15, -0.1) is 0 Å². The maximum absolute atomic E-state index is 11.2. The molecule has 0 radical (unpaired) electrons. The fourth-order valence-electron chi connectivity index (χ4n) is 0.994. The second kappa shape index (κ2) is 4.36. The zero-order chi connectivity index (χ0) is 10.7. The van der Waals surface area contributed by atoms with Crippen molar-refractivity contribution in [3.63, 3.8) is 0 Å². The molecule has 0 saturated heterocycles. The minimum Gasteiger partial charge on any atom is -0.464 e. The molecule has 76 valence electrons. The summed E-state index contributed by atoms with van der Waals surface area (Å²) in [6.45, 7) is 1.54. The van der Waals surface area contributed by atoms with Crippen LogP contribution in [-0.2, 0) is 16.1 Å². The lowest BCUT2D eigenvalue weighted by molar-refractivity contribution is -0.117. The summed E-state index contributed by atoms with van der Waals surface area (Å²) in [5.74, 6) is -0.571. The monoisotopic (exact) mass is 260 g/mol. The molecule has 14 heavy (non-hydrogen) atoms. The fraction of sp³-hybridized carbons (Fsp3) is 0.375. The van der Waals surface area contributed by atoms with Crippen molar-refractivity contribution in [3.05, 3.63) is 16.6 Å². The third-order valence-corrected chi connectivity index (χ3v) is 2.22. The second-order valence-corrected chi connectivity index (χ2v) is 3.40. The van der Waals surface area contributed by atoms with Crippen molar-refractivity contribution >= 4 is 27.7 Å². The van der Waals surface area contributed by atoms with Crippen molar-refractivity contribution in [3.8, 4) is 0 Å². The fourth-order valence-corrected chi connectivity index (χ4v) is 1.41. The van der Waals surface area contributed by atoms with Gasteiger partial charge in [-0.25, -0.2) is 9.78 Å². The van der Waals surface area contributed by atoms with Crippen molar-refractivity contribution in [2.45, 2.75) is 13.5 Å². The Morgan fingerprint density at radius 1 is 1.64 bits per heavy atom. The number of ether oxygens (including phenoxy) is 1. The van der Waals surface area contributed by atoms with Crippen LogP contribution in [0.5, 0.6) is 0 Å². The molecule has 5 nitrogen and oxygen atoms in total. The van der Waals surface area contributed by atoms with Crippen molar-refractivity contribution in [2.24, 2.45) is 0 Å². The Labute approximate surface area is 89.2 Å². The van der Waals surface area contributed by atoms with E-state index in [1.165, 1.54) is 24.8 Å². The lowest BCUT2D eigenvalue weighted by Gasteiger charge is -2.04. The number of nitrogens with zero attached hydrogens (tertiary/aromatic N) is 2. The van der Waals surface area contributed by atoms with Crippen LogP contribution in [-0.4, -0.2) is 28.4 Å². The molecular weight excluding hydrogens is 252 g/mol. The van der Waals surface area contributed by atoms with Gasteiger partial charge < -0.3 is 9.30 Å². The number of aromatic nitrogens is 2. The molecule has 1 aromatic rings. The Kier molecular flexibility index (Phi) is 3.40. The SMILES string of the molecule is COC(=O)c1cnc(Br)n1CC(C)=O. The summed E-state index contributed by atoms with van der Waals surface area (Å²) in [6, 6.07) is 0. The standard InChI is InChI=1S/C8H9BrN2O3/c1-5(12)4-11-6(7(13)14-2)3-10-8(11)9/h3H,4H2,1-2H3. The maximum atomic E-state index is 11.2. The molecule has 0 amide bonds. The van der Waals surface area contributed by atoms with Gasteiger partial charge in [-0.3, -0.25) is 4.79 Å². The molecule has 0 aliphatic heterocycles. The summed E-state index contributed by atoms with van der Waals surface area (Å²) >= 11 is 3.13. The summed E-state index contributed by atoms with van der Waals surface area (Å²) < 4.78 is 6.43. The van der Waals surface area contributed by atoms with Gasteiger partial charge in [0.05, 0.1) is 19.9 Å². The van der Waals surface area contributed by atoms with Crippen LogP contribution in [0, 0.1) is 0 Å². The Morgan fingerprint density at radius 3 is 2.79 bits per heavy atom. The quantitative estimate of drug-likeness (QED) is 0.762. The first kappa shape index (κ1) is 10.9. The van der Waals surface area contributed by atoms with Crippen LogP contribution in [0.4, 0.5) is 0 Å². The van der Waals surface area contributed by atoms with Gasteiger partial charge in [0.2, 0.25) is 0 Å². The Balaban J connectivity index is 3.05. The second-order valence-electron chi connectivity index (χ2n) is 2.69. The lowest BCUT2D eigenvalue weighted by Crippen LogP contribution is -2.14. The van der Waals surface area contributed by atoms with Crippen molar-refractivity contribution in [1.82, 2.24) is 9.55 Å². The number of hydrogen-bond donors (Lipinski definition) is 0.